The van der Waals surface area contributed by atoms with E-state index in [1.807, 2.05) is 24.3 Å². The molecule has 0 saturated carbocycles. The molecular formula is C44H30N8S2. The van der Waals surface area contributed by atoms with Crippen molar-refractivity contribution in [2.24, 2.45) is 0 Å². The van der Waals surface area contributed by atoms with Crippen LogP contribution in [-0.2, 0) is 0 Å². The van der Waals surface area contributed by atoms with Gasteiger partial charge in [-0.3, -0.25) is 4.57 Å². The van der Waals surface area contributed by atoms with E-state index in [1.54, 1.807) is 22.7 Å². The van der Waals surface area contributed by atoms with E-state index in [4.69, 9.17) is 29.9 Å². The monoisotopic (exact) mass is 734 g/mol. The fourth-order valence-corrected chi connectivity index (χ4v) is 9.83. The normalized spacial score (nSPS) is 12.1. The van der Waals surface area contributed by atoms with Crippen molar-refractivity contribution in [3.63, 3.8) is 0 Å². The number of benzene rings is 4. The lowest BCUT2D eigenvalue weighted by Gasteiger charge is -2.05. The summed E-state index contributed by atoms with van der Waals surface area (Å²) in [6, 6.07) is 35.6. The molecule has 10 heteroatoms. The number of aromatic amines is 1. The number of hydrogen-bond acceptors (Lipinski definition) is 8. The van der Waals surface area contributed by atoms with Gasteiger partial charge < -0.3 is 4.98 Å². The molecular weight excluding hydrogens is 705 g/mol. The van der Waals surface area contributed by atoms with Gasteiger partial charge in [0.2, 0.25) is 0 Å². The van der Waals surface area contributed by atoms with Crippen LogP contribution in [0.4, 0.5) is 0 Å². The van der Waals surface area contributed by atoms with Gasteiger partial charge in [0.15, 0.2) is 23.3 Å². The molecule has 8 bridgehead atoms. The van der Waals surface area contributed by atoms with Crippen molar-refractivity contribution in [1.82, 2.24) is 39.5 Å². The molecule has 2 aliphatic heterocycles. The maximum Gasteiger partial charge on any atom is 0.164 e. The first kappa shape index (κ1) is 31.2. The molecule has 0 unspecified atom stereocenters. The number of thiophene rings is 2. The molecule has 258 valence electrons. The standard InChI is InChI=1S/C44H30N8S2/c1-22-20-34(24(3)53-22)26-18-11-19-33-36(26)42-48-38-28-13-6-8-15-30(28)40(46-38)51-44-32-17-10-9-16-31(32)43(52(44)35-21-23(2)54-25(35)4)50-39-29-14-7-5-12-27(29)37(45-39)47-41(33)49-42/h5-21H,1-4H3,(H,45,46,47,48,49,50,51). The van der Waals surface area contributed by atoms with Gasteiger partial charge in [-0.1, -0.05) is 91.0 Å². The first-order valence-corrected chi connectivity index (χ1v) is 19.4. The van der Waals surface area contributed by atoms with E-state index < -0.39 is 0 Å². The Balaban J connectivity index is 1.38. The zero-order valence-electron chi connectivity index (χ0n) is 29.8. The Labute approximate surface area is 317 Å². The number of nitrogens with one attached hydrogen (secondary N) is 1. The van der Waals surface area contributed by atoms with E-state index in [9.17, 15) is 0 Å². The number of aryl methyl sites for hydroxylation is 4. The highest BCUT2D eigenvalue weighted by Crippen LogP contribution is 2.41. The van der Waals surface area contributed by atoms with Gasteiger partial charge in [0.05, 0.1) is 5.69 Å². The summed E-state index contributed by atoms with van der Waals surface area (Å²) in [5.74, 6) is 2.38. The zero-order chi connectivity index (χ0) is 36.2. The van der Waals surface area contributed by atoms with E-state index in [2.05, 4.69) is 116 Å². The van der Waals surface area contributed by atoms with Crippen LogP contribution in [0.3, 0.4) is 0 Å². The minimum absolute atomic E-state index is 0.591. The van der Waals surface area contributed by atoms with Crippen LogP contribution >= 0.6 is 22.7 Å². The van der Waals surface area contributed by atoms with Crippen molar-refractivity contribution < 1.29 is 0 Å². The number of rotatable bonds is 2. The number of H-pyrrole nitrogens is 1. The predicted molar refractivity (Wildman–Crippen MR) is 221 cm³/mol. The summed E-state index contributed by atoms with van der Waals surface area (Å²) in [7, 11) is 0. The van der Waals surface area contributed by atoms with E-state index in [0.717, 1.165) is 66.3 Å². The highest BCUT2D eigenvalue weighted by Gasteiger charge is 2.25. The molecule has 0 spiro atoms. The molecule has 5 aromatic heterocycles. The summed E-state index contributed by atoms with van der Waals surface area (Å²) >= 11 is 3.56. The Kier molecular flexibility index (Phi) is 6.68. The second kappa shape index (κ2) is 11.6. The molecule has 7 heterocycles. The van der Waals surface area contributed by atoms with Crippen LogP contribution in [0.2, 0.25) is 0 Å². The fourth-order valence-electron chi connectivity index (χ4n) is 7.98. The average Bonchev–Trinajstić information content (AvgIpc) is 4.01. The van der Waals surface area contributed by atoms with Gasteiger partial charge in [-0.2, -0.15) is 0 Å². The van der Waals surface area contributed by atoms with Gasteiger partial charge >= 0.3 is 0 Å². The number of aromatic nitrogens is 8. The average molecular weight is 735 g/mol. The second-order valence-electron chi connectivity index (χ2n) is 13.8. The van der Waals surface area contributed by atoms with Gasteiger partial charge in [0, 0.05) is 63.3 Å². The quantitative estimate of drug-likeness (QED) is 0.190. The van der Waals surface area contributed by atoms with Crippen LogP contribution in [0.15, 0.2) is 103 Å². The molecule has 11 rings (SSSR count). The first-order valence-electron chi connectivity index (χ1n) is 17.8. The summed E-state index contributed by atoms with van der Waals surface area (Å²) in [6.07, 6.45) is 0. The van der Waals surface area contributed by atoms with Crippen LogP contribution in [0, 0.1) is 27.7 Å². The largest absolute Gasteiger partial charge is 0.324 e. The van der Waals surface area contributed by atoms with E-state index >= 15 is 0 Å². The smallest absolute Gasteiger partial charge is 0.164 e. The zero-order valence-corrected chi connectivity index (χ0v) is 31.4. The van der Waals surface area contributed by atoms with Crippen LogP contribution < -0.4 is 0 Å². The highest BCUT2D eigenvalue weighted by atomic mass is 32.1. The van der Waals surface area contributed by atoms with Gasteiger partial charge in [-0.25, -0.2) is 29.9 Å². The molecule has 0 aliphatic carbocycles. The van der Waals surface area contributed by atoms with Crippen LogP contribution in [0.1, 0.15) is 19.5 Å². The molecule has 2 aliphatic rings. The maximum atomic E-state index is 5.45. The lowest BCUT2D eigenvalue weighted by atomic mass is 10.0. The predicted octanol–water partition coefficient (Wildman–Crippen LogP) is 11.4. The van der Waals surface area contributed by atoms with E-state index in [1.165, 1.54) is 25.1 Å². The minimum Gasteiger partial charge on any atom is -0.324 e. The molecule has 4 aromatic carbocycles. The number of hydrogen-bond donors (Lipinski definition) is 1. The van der Waals surface area contributed by atoms with Gasteiger partial charge in [-0.15, -0.1) is 22.7 Å². The Morgan fingerprint density at radius 3 is 1.46 bits per heavy atom. The summed E-state index contributed by atoms with van der Waals surface area (Å²) < 4.78 is 2.18. The SMILES string of the molecule is Cc1cc(-c2cccc3c4nc5nc(nc6c7ccccc7c(nc7nc(nc([nH]4)c23)-c2ccccc2-7)n6-c2cc(C)sc2C)-c2ccccc2-5)c(C)s1. The highest BCUT2D eigenvalue weighted by molar-refractivity contribution is 7.12. The van der Waals surface area contributed by atoms with Crippen molar-refractivity contribution in [2.75, 3.05) is 0 Å². The Morgan fingerprint density at radius 2 is 0.926 bits per heavy atom. The molecule has 9 aromatic rings. The third-order valence-corrected chi connectivity index (χ3v) is 12.2. The van der Waals surface area contributed by atoms with Gasteiger partial charge in [0.25, 0.3) is 0 Å². The maximum absolute atomic E-state index is 5.45. The molecule has 0 amide bonds. The Hall–Kier alpha value is -6.36. The molecule has 0 radical (unpaired) electrons. The number of nitrogens with zero attached hydrogens (tertiary/aromatic N) is 7. The summed E-state index contributed by atoms with van der Waals surface area (Å²) in [5, 5.41) is 3.89. The summed E-state index contributed by atoms with van der Waals surface area (Å²) in [4.78, 5) is 40.4. The molecule has 1 N–H and O–H groups in total. The fraction of sp³-hybridized carbons (Fsp3) is 0.0909. The Bertz CT molecular complexity index is 3240. The number of fused-ring (bicyclic) bond motifs is 20. The summed E-state index contributed by atoms with van der Waals surface area (Å²) in [5.41, 5.74) is 9.88. The molecule has 8 nitrogen and oxygen atoms in total. The van der Waals surface area contributed by atoms with E-state index in [0.29, 0.717) is 34.6 Å². The van der Waals surface area contributed by atoms with Crippen LogP contribution in [0.5, 0.6) is 0 Å². The molecule has 0 fully saturated rings. The van der Waals surface area contributed by atoms with Crippen molar-refractivity contribution in [1.29, 1.82) is 0 Å². The Morgan fingerprint density at radius 1 is 0.444 bits per heavy atom. The molecule has 0 saturated heterocycles. The van der Waals surface area contributed by atoms with Crippen molar-refractivity contribution >= 4 is 66.8 Å². The first-order chi connectivity index (χ1) is 26.4. The van der Waals surface area contributed by atoms with Crippen LogP contribution in [-0.4, -0.2) is 39.5 Å². The van der Waals surface area contributed by atoms with Gasteiger partial charge in [-0.05, 0) is 51.0 Å². The topological polar surface area (TPSA) is 98.1 Å². The van der Waals surface area contributed by atoms with E-state index in [-0.39, 0.29) is 0 Å². The van der Waals surface area contributed by atoms with Crippen LogP contribution in [0.25, 0.3) is 106 Å². The second-order valence-corrected chi connectivity index (χ2v) is 16.7. The van der Waals surface area contributed by atoms with Gasteiger partial charge in [0.1, 0.15) is 22.6 Å². The van der Waals surface area contributed by atoms with Crippen molar-refractivity contribution in [3.8, 4) is 62.4 Å². The lowest BCUT2D eigenvalue weighted by molar-refractivity contribution is 1.09. The molecule has 54 heavy (non-hydrogen) atoms. The lowest BCUT2D eigenvalue weighted by Crippen LogP contribution is -1.97. The van der Waals surface area contributed by atoms with Crippen molar-refractivity contribution in [3.05, 3.63) is 123 Å². The minimum atomic E-state index is 0.591. The third kappa shape index (κ3) is 4.60. The summed E-state index contributed by atoms with van der Waals surface area (Å²) in [6.45, 7) is 8.62. The third-order valence-electron chi connectivity index (χ3n) is 10.3. The van der Waals surface area contributed by atoms with Crippen molar-refractivity contribution in [2.45, 2.75) is 27.7 Å². The molecule has 0 atom stereocenters.